The Labute approximate surface area is 131 Å². The molecule has 0 bridgehead atoms. The lowest BCUT2D eigenvalue weighted by Gasteiger charge is -2.06. The van der Waals surface area contributed by atoms with E-state index >= 15 is 0 Å². The van der Waals surface area contributed by atoms with Crippen molar-refractivity contribution in [1.29, 1.82) is 0 Å². The highest BCUT2D eigenvalue weighted by atomic mass is 16.5. The van der Waals surface area contributed by atoms with Crippen LogP contribution in [0.1, 0.15) is 34.8 Å². The molecule has 0 aliphatic rings. The van der Waals surface area contributed by atoms with Crippen LogP contribution in [-0.2, 0) is 11.3 Å². The molecule has 0 spiro atoms. The second kappa shape index (κ2) is 8.03. The molecule has 0 aliphatic carbocycles. The van der Waals surface area contributed by atoms with Gasteiger partial charge in [0.05, 0.1) is 12.7 Å². The molecule has 0 saturated heterocycles. The Morgan fingerprint density at radius 2 is 1.73 bits per heavy atom. The van der Waals surface area contributed by atoms with Crippen molar-refractivity contribution in [3.05, 3.63) is 71.3 Å². The molecule has 0 heterocycles. The normalized spacial score (nSPS) is 10.6. The maximum atomic E-state index is 12.0. The standard InChI is InChI=1S/C19H20O3/c1-3-4-5-15-6-8-16(9-7-15)14-22-19(20)17-10-12-18(21-2)13-11-17/h4-13H,3,14H2,1-2H3/b5-4+. The van der Waals surface area contributed by atoms with E-state index in [1.165, 1.54) is 0 Å². The van der Waals surface area contributed by atoms with Crippen LogP contribution in [0.2, 0.25) is 0 Å². The fourth-order valence-corrected chi connectivity index (χ4v) is 1.94. The van der Waals surface area contributed by atoms with Crippen LogP contribution in [0.25, 0.3) is 6.08 Å². The number of hydrogen-bond donors (Lipinski definition) is 0. The minimum Gasteiger partial charge on any atom is -0.497 e. The second-order valence-corrected chi connectivity index (χ2v) is 4.86. The van der Waals surface area contributed by atoms with Crippen molar-refractivity contribution in [1.82, 2.24) is 0 Å². The van der Waals surface area contributed by atoms with E-state index in [2.05, 4.69) is 19.1 Å². The maximum Gasteiger partial charge on any atom is 0.338 e. The first-order chi connectivity index (χ1) is 10.7. The average Bonchev–Trinajstić information content (AvgIpc) is 2.58. The number of ether oxygens (including phenoxy) is 2. The highest BCUT2D eigenvalue weighted by molar-refractivity contribution is 5.89. The van der Waals surface area contributed by atoms with Crippen LogP contribution in [0.5, 0.6) is 5.75 Å². The summed E-state index contributed by atoms with van der Waals surface area (Å²) >= 11 is 0. The molecule has 0 atom stereocenters. The molecule has 0 aromatic heterocycles. The first kappa shape index (κ1) is 15.8. The average molecular weight is 296 g/mol. The van der Waals surface area contributed by atoms with Crippen molar-refractivity contribution in [2.75, 3.05) is 7.11 Å². The van der Waals surface area contributed by atoms with E-state index in [-0.39, 0.29) is 12.6 Å². The summed E-state index contributed by atoms with van der Waals surface area (Å²) in [5.41, 5.74) is 2.63. The van der Waals surface area contributed by atoms with E-state index in [0.29, 0.717) is 11.3 Å². The monoisotopic (exact) mass is 296 g/mol. The summed E-state index contributed by atoms with van der Waals surface area (Å²) in [5.74, 6) is 0.380. The van der Waals surface area contributed by atoms with Gasteiger partial charge in [-0.25, -0.2) is 4.79 Å². The van der Waals surface area contributed by atoms with Crippen LogP contribution in [0, 0.1) is 0 Å². The Bertz CT molecular complexity index is 625. The third-order valence-corrected chi connectivity index (χ3v) is 3.22. The van der Waals surface area contributed by atoms with Crippen molar-refractivity contribution >= 4 is 12.0 Å². The molecule has 114 valence electrons. The van der Waals surface area contributed by atoms with Crippen LogP contribution in [0.3, 0.4) is 0 Å². The third kappa shape index (κ3) is 4.48. The van der Waals surface area contributed by atoms with Gasteiger partial charge in [0.2, 0.25) is 0 Å². The lowest BCUT2D eigenvalue weighted by atomic mass is 10.1. The van der Waals surface area contributed by atoms with E-state index in [4.69, 9.17) is 9.47 Å². The highest BCUT2D eigenvalue weighted by Gasteiger charge is 2.07. The summed E-state index contributed by atoms with van der Waals surface area (Å²) in [6.45, 7) is 2.37. The molecule has 0 aliphatic heterocycles. The molecule has 2 aromatic carbocycles. The zero-order valence-electron chi connectivity index (χ0n) is 12.9. The van der Waals surface area contributed by atoms with E-state index in [0.717, 1.165) is 17.5 Å². The number of esters is 1. The minimum absolute atomic E-state index is 0.267. The predicted molar refractivity (Wildman–Crippen MR) is 87.9 cm³/mol. The van der Waals surface area contributed by atoms with E-state index in [9.17, 15) is 4.79 Å². The maximum absolute atomic E-state index is 12.0. The van der Waals surface area contributed by atoms with Crippen LogP contribution in [0.4, 0.5) is 0 Å². The van der Waals surface area contributed by atoms with Gasteiger partial charge >= 0.3 is 5.97 Å². The van der Waals surface area contributed by atoms with Gasteiger partial charge in [-0.3, -0.25) is 0 Å². The summed E-state index contributed by atoms with van der Waals surface area (Å²) in [7, 11) is 1.59. The second-order valence-electron chi connectivity index (χ2n) is 4.86. The van der Waals surface area contributed by atoms with Gasteiger partial charge in [-0.1, -0.05) is 43.3 Å². The molecule has 2 aromatic rings. The Hall–Kier alpha value is -2.55. The molecular weight excluding hydrogens is 276 g/mol. The molecular formula is C19H20O3. The Kier molecular flexibility index (Phi) is 5.78. The molecule has 0 unspecified atom stereocenters. The van der Waals surface area contributed by atoms with Crippen LogP contribution in [-0.4, -0.2) is 13.1 Å². The number of hydrogen-bond acceptors (Lipinski definition) is 3. The molecule has 3 heteroatoms. The van der Waals surface area contributed by atoms with Gasteiger partial charge in [-0.15, -0.1) is 0 Å². The fraction of sp³-hybridized carbons (Fsp3) is 0.211. The van der Waals surface area contributed by atoms with Gasteiger partial charge in [-0.2, -0.15) is 0 Å². The quantitative estimate of drug-likeness (QED) is 0.737. The zero-order valence-corrected chi connectivity index (χ0v) is 12.9. The van der Waals surface area contributed by atoms with E-state index < -0.39 is 0 Å². The Morgan fingerprint density at radius 1 is 1.05 bits per heavy atom. The van der Waals surface area contributed by atoms with Gasteiger partial charge in [0.25, 0.3) is 0 Å². The molecule has 0 fully saturated rings. The van der Waals surface area contributed by atoms with Crippen molar-refractivity contribution in [2.45, 2.75) is 20.0 Å². The molecule has 0 saturated carbocycles. The minimum atomic E-state index is -0.336. The van der Waals surface area contributed by atoms with Crippen molar-refractivity contribution < 1.29 is 14.3 Å². The smallest absolute Gasteiger partial charge is 0.338 e. The number of carbonyl (C=O) groups excluding carboxylic acids is 1. The lowest BCUT2D eigenvalue weighted by molar-refractivity contribution is 0.0472. The summed E-state index contributed by atoms with van der Waals surface area (Å²) < 4.78 is 10.4. The number of methoxy groups -OCH3 is 1. The predicted octanol–water partition coefficient (Wildman–Crippen LogP) is 4.48. The van der Waals surface area contributed by atoms with Crippen LogP contribution >= 0.6 is 0 Å². The van der Waals surface area contributed by atoms with E-state index in [1.807, 2.05) is 24.3 Å². The first-order valence-electron chi connectivity index (χ1n) is 7.29. The highest BCUT2D eigenvalue weighted by Crippen LogP contribution is 2.13. The Morgan fingerprint density at radius 3 is 2.32 bits per heavy atom. The van der Waals surface area contributed by atoms with Gasteiger partial charge in [-0.05, 0) is 41.8 Å². The number of rotatable bonds is 6. The number of benzene rings is 2. The van der Waals surface area contributed by atoms with Gasteiger partial charge in [0.15, 0.2) is 0 Å². The van der Waals surface area contributed by atoms with Gasteiger partial charge < -0.3 is 9.47 Å². The number of allylic oxidation sites excluding steroid dienone is 1. The molecule has 0 N–H and O–H groups in total. The molecule has 0 radical (unpaired) electrons. The topological polar surface area (TPSA) is 35.5 Å². The molecule has 22 heavy (non-hydrogen) atoms. The van der Waals surface area contributed by atoms with Crippen molar-refractivity contribution in [3.63, 3.8) is 0 Å². The number of carbonyl (C=O) groups is 1. The summed E-state index contributed by atoms with van der Waals surface area (Å²) in [6, 6.07) is 14.8. The lowest BCUT2D eigenvalue weighted by Crippen LogP contribution is -2.05. The van der Waals surface area contributed by atoms with Gasteiger partial charge in [0.1, 0.15) is 12.4 Å². The molecule has 2 rings (SSSR count). The summed E-state index contributed by atoms with van der Waals surface area (Å²) in [6.07, 6.45) is 5.20. The summed E-state index contributed by atoms with van der Waals surface area (Å²) in [4.78, 5) is 12.0. The molecule has 3 nitrogen and oxygen atoms in total. The fourth-order valence-electron chi connectivity index (χ4n) is 1.94. The summed E-state index contributed by atoms with van der Waals surface area (Å²) in [5, 5.41) is 0. The first-order valence-corrected chi connectivity index (χ1v) is 7.29. The Balaban J connectivity index is 1.91. The SMILES string of the molecule is CC/C=C/c1ccc(COC(=O)c2ccc(OC)cc2)cc1. The largest absolute Gasteiger partial charge is 0.497 e. The van der Waals surface area contributed by atoms with Crippen LogP contribution in [0.15, 0.2) is 54.6 Å². The molecule has 0 amide bonds. The van der Waals surface area contributed by atoms with Crippen molar-refractivity contribution in [2.24, 2.45) is 0 Å². The zero-order chi connectivity index (χ0) is 15.8. The van der Waals surface area contributed by atoms with Crippen LogP contribution < -0.4 is 4.74 Å². The van der Waals surface area contributed by atoms with Gasteiger partial charge in [0, 0.05) is 0 Å². The van der Waals surface area contributed by atoms with Crippen molar-refractivity contribution in [3.8, 4) is 5.75 Å². The third-order valence-electron chi connectivity index (χ3n) is 3.22. The van der Waals surface area contributed by atoms with E-state index in [1.54, 1.807) is 31.4 Å².